The largest absolute Gasteiger partial charge is 0.482 e. The Morgan fingerprint density at radius 1 is 1.04 bits per heavy atom. The van der Waals surface area contributed by atoms with Crippen molar-refractivity contribution in [1.82, 2.24) is 5.32 Å². The SMILES string of the molecule is CC(C)(Oc1ccc(F)cc1)C(=O)NCCc1ccc(OCC(=O)O)cc1. The number of aliphatic carboxylic acids is 1. The zero-order valence-electron chi connectivity index (χ0n) is 15.2. The summed E-state index contributed by atoms with van der Waals surface area (Å²) >= 11 is 0. The molecular weight excluding hydrogens is 353 g/mol. The van der Waals surface area contributed by atoms with E-state index in [9.17, 15) is 14.0 Å². The number of hydrogen-bond acceptors (Lipinski definition) is 4. The van der Waals surface area contributed by atoms with Gasteiger partial charge in [-0.2, -0.15) is 0 Å². The number of ether oxygens (including phenoxy) is 2. The Morgan fingerprint density at radius 2 is 1.63 bits per heavy atom. The Bertz CT molecular complexity index is 772. The van der Waals surface area contributed by atoms with Crippen LogP contribution >= 0.6 is 0 Å². The van der Waals surface area contributed by atoms with Crippen LogP contribution < -0.4 is 14.8 Å². The zero-order chi connectivity index (χ0) is 19.9. The molecule has 0 aliphatic rings. The first kappa shape index (κ1) is 20.2. The van der Waals surface area contributed by atoms with Crippen molar-refractivity contribution >= 4 is 11.9 Å². The van der Waals surface area contributed by atoms with Gasteiger partial charge in [-0.1, -0.05) is 12.1 Å². The van der Waals surface area contributed by atoms with Crippen LogP contribution in [0.5, 0.6) is 11.5 Å². The van der Waals surface area contributed by atoms with Crippen LogP contribution in [0.15, 0.2) is 48.5 Å². The Labute approximate surface area is 156 Å². The summed E-state index contributed by atoms with van der Waals surface area (Å²) in [6.45, 7) is 3.30. The Balaban J connectivity index is 1.80. The molecule has 0 unspecified atom stereocenters. The molecule has 2 aromatic rings. The van der Waals surface area contributed by atoms with E-state index in [1.807, 2.05) is 12.1 Å². The molecule has 0 fully saturated rings. The van der Waals surface area contributed by atoms with Gasteiger partial charge < -0.3 is 19.9 Å². The molecule has 0 saturated heterocycles. The highest BCUT2D eigenvalue weighted by Crippen LogP contribution is 2.19. The van der Waals surface area contributed by atoms with Gasteiger partial charge in [0.1, 0.15) is 17.3 Å². The average molecular weight is 375 g/mol. The number of nitrogens with one attached hydrogen (secondary N) is 1. The molecule has 0 aliphatic carbocycles. The highest BCUT2D eigenvalue weighted by atomic mass is 19.1. The second kappa shape index (κ2) is 9.02. The standard InChI is InChI=1S/C20H22FNO5/c1-20(2,27-17-9-5-15(21)6-10-17)19(25)22-12-11-14-3-7-16(8-4-14)26-13-18(23)24/h3-10H,11-13H2,1-2H3,(H,22,25)(H,23,24). The molecule has 2 aromatic carbocycles. The van der Waals surface area contributed by atoms with Gasteiger partial charge in [-0.05, 0) is 62.2 Å². The molecule has 7 heteroatoms. The van der Waals surface area contributed by atoms with Crippen molar-refractivity contribution in [2.45, 2.75) is 25.9 Å². The molecule has 0 radical (unpaired) electrons. The number of amides is 1. The smallest absolute Gasteiger partial charge is 0.341 e. The van der Waals surface area contributed by atoms with E-state index in [0.29, 0.717) is 24.5 Å². The first-order chi connectivity index (χ1) is 12.8. The normalized spacial score (nSPS) is 10.9. The van der Waals surface area contributed by atoms with E-state index in [0.717, 1.165) is 5.56 Å². The van der Waals surface area contributed by atoms with Crippen molar-refractivity contribution in [3.8, 4) is 11.5 Å². The first-order valence-electron chi connectivity index (χ1n) is 8.43. The minimum absolute atomic E-state index is 0.284. The van der Waals surface area contributed by atoms with Crippen LogP contribution in [0.2, 0.25) is 0 Å². The van der Waals surface area contributed by atoms with Crippen LogP contribution in [0.3, 0.4) is 0 Å². The molecule has 0 atom stereocenters. The maximum absolute atomic E-state index is 12.9. The van der Waals surface area contributed by atoms with Gasteiger partial charge in [0.05, 0.1) is 0 Å². The molecule has 1 amide bonds. The van der Waals surface area contributed by atoms with Crippen molar-refractivity contribution in [3.05, 3.63) is 59.9 Å². The van der Waals surface area contributed by atoms with E-state index in [1.54, 1.807) is 26.0 Å². The zero-order valence-corrected chi connectivity index (χ0v) is 15.2. The minimum Gasteiger partial charge on any atom is -0.482 e. The van der Waals surface area contributed by atoms with E-state index in [1.165, 1.54) is 24.3 Å². The van der Waals surface area contributed by atoms with Crippen LogP contribution in [0.1, 0.15) is 19.4 Å². The molecule has 144 valence electrons. The van der Waals surface area contributed by atoms with Gasteiger partial charge >= 0.3 is 5.97 Å². The van der Waals surface area contributed by atoms with E-state index >= 15 is 0 Å². The van der Waals surface area contributed by atoms with E-state index in [-0.39, 0.29) is 11.7 Å². The molecule has 0 spiro atoms. The fraction of sp³-hybridized carbons (Fsp3) is 0.300. The predicted molar refractivity (Wildman–Crippen MR) is 97.4 cm³/mol. The molecule has 2 rings (SSSR count). The van der Waals surface area contributed by atoms with Gasteiger partial charge in [0.15, 0.2) is 12.2 Å². The molecule has 0 aliphatic heterocycles. The number of carbonyl (C=O) groups excluding carboxylic acids is 1. The highest BCUT2D eigenvalue weighted by Gasteiger charge is 2.29. The molecule has 0 aromatic heterocycles. The number of rotatable bonds is 9. The van der Waals surface area contributed by atoms with Crippen LogP contribution in [0.4, 0.5) is 4.39 Å². The predicted octanol–water partition coefficient (Wildman–Crippen LogP) is 2.81. The van der Waals surface area contributed by atoms with Gasteiger partial charge in [0, 0.05) is 6.54 Å². The average Bonchev–Trinajstić information content (AvgIpc) is 2.62. The summed E-state index contributed by atoms with van der Waals surface area (Å²) in [7, 11) is 0. The lowest BCUT2D eigenvalue weighted by molar-refractivity contribution is -0.139. The minimum atomic E-state index is -1.10. The lowest BCUT2D eigenvalue weighted by Gasteiger charge is -2.25. The number of benzene rings is 2. The quantitative estimate of drug-likeness (QED) is 0.704. The van der Waals surface area contributed by atoms with Crippen molar-refractivity contribution in [2.24, 2.45) is 0 Å². The first-order valence-corrected chi connectivity index (χ1v) is 8.43. The Morgan fingerprint density at radius 3 is 2.22 bits per heavy atom. The summed E-state index contributed by atoms with van der Waals surface area (Å²) in [4.78, 5) is 22.8. The van der Waals surface area contributed by atoms with Gasteiger partial charge in [-0.3, -0.25) is 4.79 Å². The maximum Gasteiger partial charge on any atom is 0.341 e. The lowest BCUT2D eigenvalue weighted by atomic mass is 10.1. The van der Waals surface area contributed by atoms with Gasteiger partial charge in [0.2, 0.25) is 0 Å². The Hall–Kier alpha value is -3.09. The molecule has 0 heterocycles. The van der Waals surface area contributed by atoms with Crippen molar-refractivity contribution < 1.29 is 28.6 Å². The summed E-state index contributed by atoms with van der Waals surface area (Å²) < 4.78 is 23.6. The summed E-state index contributed by atoms with van der Waals surface area (Å²) in [5, 5.41) is 11.4. The number of halogens is 1. The number of carboxylic acids is 1. The molecule has 2 N–H and O–H groups in total. The summed E-state index contributed by atoms with van der Waals surface area (Å²) in [6.07, 6.45) is 0.595. The van der Waals surface area contributed by atoms with Crippen molar-refractivity contribution in [2.75, 3.05) is 13.2 Å². The van der Waals surface area contributed by atoms with Gasteiger partial charge in [-0.15, -0.1) is 0 Å². The third kappa shape index (κ3) is 6.62. The summed E-state index contributed by atoms with van der Waals surface area (Å²) in [5.74, 6) is -0.808. The lowest BCUT2D eigenvalue weighted by Crippen LogP contribution is -2.47. The molecular formula is C20H22FNO5. The van der Waals surface area contributed by atoms with Crippen LogP contribution in [-0.4, -0.2) is 35.7 Å². The fourth-order valence-electron chi connectivity index (χ4n) is 2.27. The molecule has 0 saturated carbocycles. The van der Waals surface area contributed by atoms with E-state index < -0.39 is 18.2 Å². The molecule has 27 heavy (non-hydrogen) atoms. The maximum atomic E-state index is 12.9. The van der Waals surface area contributed by atoms with Crippen LogP contribution in [-0.2, 0) is 16.0 Å². The number of hydrogen-bond donors (Lipinski definition) is 2. The topological polar surface area (TPSA) is 84.9 Å². The second-order valence-corrected chi connectivity index (χ2v) is 6.40. The molecule has 0 bridgehead atoms. The number of carbonyl (C=O) groups is 2. The van der Waals surface area contributed by atoms with Crippen molar-refractivity contribution in [1.29, 1.82) is 0 Å². The third-order valence-corrected chi connectivity index (χ3v) is 3.72. The summed E-state index contributed by atoms with van der Waals surface area (Å²) in [6, 6.07) is 12.5. The van der Waals surface area contributed by atoms with Crippen LogP contribution in [0, 0.1) is 5.82 Å². The monoisotopic (exact) mass is 375 g/mol. The third-order valence-electron chi connectivity index (χ3n) is 3.72. The fourth-order valence-corrected chi connectivity index (χ4v) is 2.27. The Kier molecular flexibility index (Phi) is 6.76. The second-order valence-electron chi connectivity index (χ2n) is 6.40. The number of carboxylic acid groups (broad SMARTS) is 1. The van der Waals surface area contributed by atoms with Crippen molar-refractivity contribution in [3.63, 3.8) is 0 Å². The molecule has 6 nitrogen and oxygen atoms in total. The van der Waals surface area contributed by atoms with Crippen LogP contribution in [0.25, 0.3) is 0 Å². The van der Waals surface area contributed by atoms with E-state index in [2.05, 4.69) is 5.32 Å². The highest BCUT2D eigenvalue weighted by molar-refractivity contribution is 5.84. The van der Waals surface area contributed by atoms with Gasteiger partial charge in [0.25, 0.3) is 5.91 Å². The summed E-state index contributed by atoms with van der Waals surface area (Å²) in [5.41, 5.74) is -0.137. The van der Waals surface area contributed by atoms with E-state index in [4.69, 9.17) is 14.6 Å². The van der Waals surface area contributed by atoms with Gasteiger partial charge in [-0.25, -0.2) is 9.18 Å².